The van der Waals surface area contributed by atoms with Crippen LogP contribution < -0.4 is 0 Å². The van der Waals surface area contributed by atoms with E-state index in [2.05, 4.69) is 15.0 Å². The SMILES string of the molecule is O=C=Nc1nccnc1[N+](=O)[O-]. The van der Waals surface area contributed by atoms with Crippen molar-refractivity contribution >= 4 is 17.7 Å². The van der Waals surface area contributed by atoms with E-state index in [1.165, 1.54) is 6.20 Å². The minimum atomic E-state index is -0.775. The molecule has 0 atom stereocenters. The summed E-state index contributed by atoms with van der Waals surface area (Å²) in [6.07, 6.45) is 3.49. The highest BCUT2D eigenvalue weighted by atomic mass is 16.6. The Morgan fingerprint density at radius 3 is 2.75 bits per heavy atom. The standard InChI is InChI=1S/C5H2N4O3/c10-3-8-4-5(9(11)12)7-2-1-6-4/h1-2H. The molecule has 0 N–H and O–H groups in total. The van der Waals surface area contributed by atoms with Crippen molar-refractivity contribution in [1.29, 1.82) is 0 Å². The van der Waals surface area contributed by atoms with E-state index in [0.717, 1.165) is 12.3 Å². The molecule has 7 nitrogen and oxygen atoms in total. The van der Waals surface area contributed by atoms with Gasteiger partial charge >= 0.3 is 5.82 Å². The van der Waals surface area contributed by atoms with Crippen LogP contribution in [0.4, 0.5) is 11.6 Å². The van der Waals surface area contributed by atoms with Crippen LogP contribution >= 0.6 is 0 Å². The largest absolute Gasteiger partial charge is 0.409 e. The summed E-state index contributed by atoms with van der Waals surface area (Å²) in [5.74, 6) is -0.890. The Morgan fingerprint density at radius 1 is 1.50 bits per heavy atom. The van der Waals surface area contributed by atoms with Crippen molar-refractivity contribution in [2.24, 2.45) is 4.99 Å². The fourth-order valence-electron chi connectivity index (χ4n) is 0.574. The van der Waals surface area contributed by atoms with E-state index in [0.29, 0.717) is 0 Å². The zero-order chi connectivity index (χ0) is 8.97. The van der Waals surface area contributed by atoms with Gasteiger partial charge in [0.05, 0.1) is 6.20 Å². The van der Waals surface area contributed by atoms with Crippen molar-refractivity contribution in [1.82, 2.24) is 9.97 Å². The number of rotatable bonds is 2. The van der Waals surface area contributed by atoms with Gasteiger partial charge in [0, 0.05) is 0 Å². The van der Waals surface area contributed by atoms with Crippen molar-refractivity contribution < 1.29 is 9.72 Å². The lowest BCUT2D eigenvalue weighted by atomic mass is 10.6. The Labute approximate surface area is 65.9 Å². The van der Waals surface area contributed by atoms with Gasteiger partial charge in [0.15, 0.2) is 6.20 Å². The van der Waals surface area contributed by atoms with Gasteiger partial charge in [-0.2, -0.15) is 0 Å². The predicted molar refractivity (Wildman–Crippen MR) is 36.5 cm³/mol. The number of hydrogen-bond acceptors (Lipinski definition) is 6. The van der Waals surface area contributed by atoms with Crippen LogP contribution in [-0.2, 0) is 4.79 Å². The molecule has 0 fully saturated rings. The van der Waals surface area contributed by atoms with E-state index in [1.807, 2.05) is 0 Å². The van der Waals surface area contributed by atoms with Gasteiger partial charge in [0.1, 0.15) is 0 Å². The maximum Gasteiger partial charge on any atom is 0.409 e. The molecular formula is C5H2N4O3. The molecule has 0 aromatic carbocycles. The van der Waals surface area contributed by atoms with Gasteiger partial charge in [-0.15, -0.1) is 4.99 Å². The third kappa shape index (κ3) is 1.47. The van der Waals surface area contributed by atoms with E-state index in [-0.39, 0.29) is 5.82 Å². The highest BCUT2D eigenvalue weighted by Crippen LogP contribution is 2.18. The Hall–Kier alpha value is -2.14. The van der Waals surface area contributed by atoms with Crippen LogP contribution in [0.1, 0.15) is 0 Å². The molecule has 1 aromatic rings. The third-order valence-corrected chi connectivity index (χ3v) is 0.985. The lowest BCUT2D eigenvalue weighted by Gasteiger charge is -1.91. The molecule has 0 unspecified atom stereocenters. The average molecular weight is 166 g/mol. The van der Waals surface area contributed by atoms with Crippen LogP contribution in [0.25, 0.3) is 0 Å². The molecule has 0 bridgehead atoms. The first kappa shape index (κ1) is 7.96. The summed E-state index contributed by atoms with van der Waals surface area (Å²) in [7, 11) is 0. The first-order valence-electron chi connectivity index (χ1n) is 2.79. The summed E-state index contributed by atoms with van der Waals surface area (Å²) in [6, 6.07) is 0. The average Bonchev–Trinajstić information content (AvgIpc) is 2.05. The maximum atomic E-state index is 10.2. The van der Waals surface area contributed by atoms with Gasteiger partial charge in [-0.3, -0.25) is 0 Å². The normalized spacial score (nSPS) is 8.67. The molecule has 0 radical (unpaired) electrons. The van der Waals surface area contributed by atoms with Crippen molar-refractivity contribution in [2.75, 3.05) is 0 Å². The topological polar surface area (TPSA) is 98.3 Å². The van der Waals surface area contributed by atoms with Gasteiger partial charge in [0.25, 0.3) is 5.82 Å². The number of nitrogens with zero attached hydrogens (tertiary/aromatic N) is 4. The lowest BCUT2D eigenvalue weighted by Crippen LogP contribution is -1.93. The molecule has 60 valence electrons. The first-order chi connectivity index (χ1) is 5.75. The minimum Gasteiger partial charge on any atom is -0.358 e. The Bertz CT molecular complexity index is 336. The summed E-state index contributed by atoms with van der Waals surface area (Å²) in [5, 5.41) is 10.2. The number of aromatic nitrogens is 2. The molecule has 1 aromatic heterocycles. The third-order valence-electron chi connectivity index (χ3n) is 0.985. The van der Waals surface area contributed by atoms with Gasteiger partial charge in [-0.1, -0.05) is 0 Å². The fraction of sp³-hybridized carbons (Fsp3) is 0. The minimum absolute atomic E-state index is 0.336. The van der Waals surface area contributed by atoms with Gasteiger partial charge in [-0.25, -0.2) is 9.78 Å². The number of nitro groups is 1. The van der Waals surface area contributed by atoms with Crippen molar-refractivity contribution in [3.63, 3.8) is 0 Å². The maximum absolute atomic E-state index is 10.2. The van der Waals surface area contributed by atoms with Gasteiger partial charge < -0.3 is 10.1 Å². The molecule has 0 saturated heterocycles. The van der Waals surface area contributed by atoms with Crippen molar-refractivity contribution in [3.05, 3.63) is 22.5 Å². The number of isocyanates is 1. The second kappa shape index (κ2) is 3.31. The highest BCUT2D eigenvalue weighted by Gasteiger charge is 2.14. The predicted octanol–water partition coefficient (Wildman–Crippen LogP) is 0.352. The van der Waals surface area contributed by atoms with Crippen LogP contribution in [0.5, 0.6) is 0 Å². The van der Waals surface area contributed by atoms with Crippen molar-refractivity contribution in [3.8, 4) is 0 Å². The van der Waals surface area contributed by atoms with Crippen LogP contribution in [0.3, 0.4) is 0 Å². The van der Waals surface area contributed by atoms with E-state index >= 15 is 0 Å². The van der Waals surface area contributed by atoms with E-state index in [9.17, 15) is 14.9 Å². The molecule has 7 heteroatoms. The summed E-state index contributed by atoms with van der Waals surface area (Å²) < 4.78 is 0. The molecular weight excluding hydrogens is 164 g/mol. The zero-order valence-corrected chi connectivity index (χ0v) is 5.67. The molecule has 0 spiro atoms. The summed E-state index contributed by atoms with van der Waals surface area (Å²) in [6.45, 7) is 0. The van der Waals surface area contributed by atoms with Gasteiger partial charge in [-0.05, 0) is 9.91 Å². The van der Waals surface area contributed by atoms with Gasteiger partial charge in [0.2, 0.25) is 6.08 Å². The van der Waals surface area contributed by atoms with Crippen LogP contribution in [-0.4, -0.2) is 21.0 Å². The first-order valence-corrected chi connectivity index (χ1v) is 2.79. The monoisotopic (exact) mass is 166 g/mol. The highest BCUT2D eigenvalue weighted by molar-refractivity contribution is 5.52. The molecule has 0 aliphatic rings. The Morgan fingerprint density at radius 2 is 2.17 bits per heavy atom. The van der Waals surface area contributed by atoms with E-state index in [1.54, 1.807) is 0 Å². The number of carbonyl (C=O) groups excluding carboxylic acids is 1. The zero-order valence-electron chi connectivity index (χ0n) is 5.67. The molecule has 1 heterocycles. The van der Waals surface area contributed by atoms with Crippen LogP contribution in [0.15, 0.2) is 17.4 Å². The van der Waals surface area contributed by atoms with Crippen molar-refractivity contribution in [2.45, 2.75) is 0 Å². The quantitative estimate of drug-likeness (QED) is 0.273. The Balaban J connectivity index is 3.26. The molecule has 0 aliphatic heterocycles. The fourth-order valence-corrected chi connectivity index (χ4v) is 0.574. The van der Waals surface area contributed by atoms with E-state index < -0.39 is 10.7 Å². The summed E-state index contributed by atoms with van der Waals surface area (Å²) >= 11 is 0. The molecule has 0 saturated carbocycles. The molecule has 0 aliphatic carbocycles. The molecule has 0 amide bonds. The number of aliphatic imine (C=N–C) groups is 1. The summed E-state index contributed by atoms with van der Waals surface area (Å²) in [5.41, 5.74) is 0. The second-order valence-corrected chi connectivity index (χ2v) is 1.66. The van der Waals surface area contributed by atoms with Crippen LogP contribution in [0.2, 0.25) is 0 Å². The smallest absolute Gasteiger partial charge is 0.358 e. The summed E-state index contributed by atoms with van der Waals surface area (Å²) in [4.78, 5) is 29.0. The second-order valence-electron chi connectivity index (χ2n) is 1.66. The van der Waals surface area contributed by atoms with Crippen LogP contribution in [0, 0.1) is 10.1 Å². The Kier molecular flexibility index (Phi) is 2.20. The lowest BCUT2D eigenvalue weighted by molar-refractivity contribution is -0.388. The van der Waals surface area contributed by atoms with E-state index in [4.69, 9.17) is 0 Å². The molecule has 12 heavy (non-hydrogen) atoms. The number of hydrogen-bond donors (Lipinski definition) is 0. The molecule has 1 rings (SSSR count).